The summed E-state index contributed by atoms with van der Waals surface area (Å²) in [4.78, 5) is 18.0. The second-order valence-corrected chi connectivity index (χ2v) is 15.5. The van der Waals surface area contributed by atoms with Gasteiger partial charge in [0.05, 0.1) is 17.9 Å². The third kappa shape index (κ3) is 13.3. The summed E-state index contributed by atoms with van der Waals surface area (Å²) in [6, 6.07) is 24.5. The Bertz CT molecular complexity index is 1650. The predicted octanol–water partition coefficient (Wildman–Crippen LogP) is 13.1. The molecule has 0 fully saturated rings. The minimum atomic E-state index is 0.641. The van der Waals surface area contributed by atoms with E-state index in [0.717, 1.165) is 73.0 Å². The van der Waals surface area contributed by atoms with Crippen LogP contribution in [0.3, 0.4) is 0 Å². The van der Waals surface area contributed by atoms with Gasteiger partial charge >= 0.3 is 72.1 Å². The van der Waals surface area contributed by atoms with Crippen molar-refractivity contribution in [2.24, 2.45) is 15.0 Å². The number of benzene rings is 4. The van der Waals surface area contributed by atoms with Crippen molar-refractivity contribution >= 4 is 89.3 Å². The fourth-order valence-electron chi connectivity index (χ4n) is 4.56. The molecular formula is C37H39Br2IN4Ni2-. The molecule has 0 atom stereocenters. The standard InChI is InChI=1S/C28H30N3.C9H9N.2BrH.HI.2Ni/c1-18-11-8-12-19(2)26(18)29-17-25(31-28-22(5)15-10-16-23(28)6)24(7)30-27-20(3)13-9-14-21(27)4;1-7-5-4-6-8(2)9(7)10-3;;;;;/h8-16H,1-7H3;4-6H,1-2H3;3*1H;;/q-1;;;;;+1;+2/p-3. The fraction of sp³-hybridized carbons (Fsp3) is 0.243. The first-order valence-electron chi connectivity index (χ1n) is 14.1. The molecule has 4 aromatic carbocycles. The van der Waals surface area contributed by atoms with E-state index in [2.05, 4.69) is 142 Å². The van der Waals surface area contributed by atoms with Gasteiger partial charge in [0.2, 0.25) is 0 Å². The van der Waals surface area contributed by atoms with Crippen LogP contribution in [0.4, 0.5) is 22.7 Å². The summed E-state index contributed by atoms with van der Waals surface area (Å²) in [6.07, 6.45) is 3.22. The third-order valence-electron chi connectivity index (χ3n) is 6.99. The van der Waals surface area contributed by atoms with Crippen molar-refractivity contribution in [3.05, 3.63) is 129 Å². The summed E-state index contributed by atoms with van der Waals surface area (Å²) in [7, 11) is 1.25. The van der Waals surface area contributed by atoms with Crippen LogP contribution in [0, 0.1) is 62.0 Å². The van der Waals surface area contributed by atoms with Crippen molar-refractivity contribution in [1.82, 2.24) is 0 Å². The average Bonchev–Trinajstić information content (AvgIpc) is 3.01. The topological polar surface area (TPSA) is 41.4 Å². The molecule has 0 N–H and O–H groups in total. The van der Waals surface area contributed by atoms with Crippen LogP contribution in [0.5, 0.6) is 0 Å². The van der Waals surface area contributed by atoms with Crippen molar-refractivity contribution in [2.75, 3.05) is 0 Å². The zero-order valence-electron chi connectivity index (χ0n) is 27.5. The Morgan fingerprint density at radius 1 is 0.630 bits per heavy atom. The molecule has 0 aliphatic rings. The van der Waals surface area contributed by atoms with Crippen LogP contribution < -0.4 is 0 Å². The Balaban J connectivity index is 0.000000586. The SMILES string of the molecule is CC(=Nc1c(C)cccc1C)C([C-]=Nc1c(C)cccc1C)=Nc1c(C)cccc1C.[Br][Ni][Br].[C-]#[N+]c1c(C)cccc1C.[Ni][I]. The van der Waals surface area contributed by atoms with Gasteiger partial charge in [-0.1, -0.05) is 97.1 Å². The predicted molar refractivity (Wildman–Crippen MR) is 209 cm³/mol. The minimum absolute atomic E-state index is 0.641. The molecule has 0 aromatic heterocycles. The molecule has 0 saturated carbocycles. The molecule has 0 heterocycles. The van der Waals surface area contributed by atoms with Crippen LogP contribution in [0.1, 0.15) is 51.4 Å². The number of nitrogens with zero attached hydrogens (tertiary/aromatic N) is 4. The van der Waals surface area contributed by atoms with Gasteiger partial charge in [-0.05, 0) is 106 Å². The van der Waals surface area contributed by atoms with Crippen LogP contribution in [-0.4, -0.2) is 17.6 Å². The van der Waals surface area contributed by atoms with E-state index in [0.29, 0.717) is 5.71 Å². The molecule has 46 heavy (non-hydrogen) atoms. The molecule has 0 radical (unpaired) electrons. The normalized spacial score (nSPS) is 11.1. The van der Waals surface area contributed by atoms with Gasteiger partial charge in [0.1, 0.15) is 0 Å². The molecule has 0 aliphatic carbocycles. The first-order valence-corrected chi connectivity index (χ1v) is 22.2. The molecule has 4 rings (SSSR count). The van der Waals surface area contributed by atoms with Crippen LogP contribution >= 0.6 is 48.9 Å². The van der Waals surface area contributed by atoms with E-state index < -0.39 is 0 Å². The molecule has 0 spiro atoms. The van der Waals surface area contributed by atoms with E-state index in [1.165, 1.54) is 10.9 Å². The summed E-state index contributed by atoms with van der Waals surface area (Å²) in [6.45, 7) is 25.2. The second-order valence-electron chi connectivity index (χ2n) is 10.5. The third-order valence-corrected chi connectivity index (χ3v) is 6.99. The quantitative estimate of drug-likeness (QED) is 0.0828. The van der Waals surface area contributed by atoms with Gasteiger partial charge in [0, 0.05) is 0 Å². The molecule has 0 unspecified atom stereocenters. The number of halogens is 3. The molecular weight excluding hydrogens is 905 g/mol. The Hall–Kier alpha value is -1.94. The van der Waals surface area contributed by atoms with Gasteiger partial charge in [-0.2, -0.15) is 0 Å². The molecule has 0 aliphatic heterocycles. The number of hydrogen-bond donors (Lipinski definition) is 0. The van der Waals surface area contributed by atoms with E-state index in [4.69, 9.17) is 21.5 Å². The van der Waals surface area contributed by atoms with Crippen molar-refractivity contribution in [3.63, 3.8) is 0 Å². The van der Waals surface area contributed by atoms with Gasteiger partial charge in [-0.15, -0.1) is 0 Å². The van der Waals surface area contributed by atoms with Gasteiger partial charge in [0.25, 0.3) is 0 Å². The summed E-state index contributed by atoms with van der Waals surface area (Å²) in [5, 5.41) is 0. The van der Waals surface area contributed by atoms with Crippen LogP contribution in [0.25, 0.3) is 4.85 Å². The molecule has 0 amide bonds. The number of para-hydroxylation sites is 4. The van der Waals surface area contributed by atoms with Crippen molar-refractivity contribution in [3.8, 4) is 0 Å². The molecule has 249 valence electrons. The zero-order chi connectivity index (χ0) is 34.8. The molecule has 4 aromatic rings. The first kappa shape index (κ1) is 42.1. The van der Waals surface area contributed by atoms with Crippen molar-refractivity contribution < 1.29 is 23.2 Å². The number of rotatable bonds is 5. The zero-order valence-corrected chi connectivity index (χ0v) is 34.8. The summed E-state index contributed by atoms with van der Waals surface area (Å²) in [5.74, 6) is 0. The summed E-state index contributed by atoms with van der Waals surface area (Å²) in [5.41, 5.74) is 13.9. The van der Waals surface area contributed by atoms with Crippen LogP contribution in [0.15, 0.2) is 87.8 Å². The van der Waals surface area contributed by atoms with Crippen molar-refractivity contribution in [1.29, 1.82) is 0 Å². The van der Waals surface area contributed by atoms with E-state index >= 15 is 0 Å². The second kappa shape index (κ2) is 22.6. The van der Waals surface area contributed by atoms with Crippen molar-refractivity contribution in [2.45, 2.75) is 62.3 Å². The Labute approximate surface area is 315 Å². The van der Waals surface area contributed by atoms with E-state index in [1.807, 2.05) is 45.0 Å². The van der Waals surface area contributed by atoms with E-state index in [-0.39, 0.29) is 0 Å². The summed E-state index contributed by atoms with van der Waals surface area (Å²) >= 11 is 11.6. The Morgan fingerprint density at radius 2 is 0.935 bits per heavy atom. The van der Waals surface area contributed by atoms with E-state index in [1.54, 1.807) is 20.5 Å². The monoisotopic (exact) mass is 940 g/mol. The number of aliphatic imine (C=N–C) groups is 3. The molecule has 4 nitrogen and oxygen atoms in total. The number of hydrogen-bond acceptors (Lipinski definition) is 3. The van der Waals surface area contributed by atoms with Crippen LogP contribution in [-0.2, 0) is 23.2 Å². The number of aryl methyl sites for hydroxylation is 8. The molecule has 9 heteroatoms. The maximum absolute atomic E-state index is 6.85. The Kier molecular flexibility index (Phi) is 20.7. The first-order chi connectivity index (χ1) is 21.9. The van der Waals surface area contributed by atoms with Crippen LogP contribution in [0.2, 0.25) is 0 Å². The summed E-state index contributed by atoms with van der Waals surface area (Å²) < 4.78 is 0. The molecule has 0 saturated heterocycles. The fourth-order valence-corrected chi connectivity index (χ4v) is 4.56. The van der Waals surface area contributed by atoms with Gasteiger partial charge < -0.3 is 9.98 Å². The van der Waals surface area contributed by atoms with E-state index in [9.17, 15) is 0 Å². The van der Waals surface area contributed by atoms with Gasteiger partial charge in [-0.25, -0.2) is 4.85 Å². The van der Waals surface area contributed by atoms with Gasteiger partial charge in [-0.3, -0.25) is 4.99 Å². The average molecular weight is 944 g/mol. The van der Waals surface area contributed by atoms with Gasteiger partial charge in [0.15, 0.2) is 5.69 Å². The Morgan fingerprint density at radius 3 is 1.26 bits per heavy atom. The molecule has 0 bridgehead atoms. The maximum atomic E-state index is 6.85.